The molecule has 3 aromatic carbocycles. The van der Waals surface area contributed by atoms with Crippen molar-refractivity contribution in [3.8, 4) is 17.6 Å². The Hall–Kier alpha value is -4.28. The first-order chi connectivity index (χ1) is 16.8. The third kappa shape index (κ3) is 6.85. The van der Waals surface area contributed by atoms with E-state index in [2.05, 4.69) is 10.6 Å². The summed E-state index contributed by atoms with van der Waals surface area (Å²) in [7, 11) is 1.43. The number of nitrogens with zero attached hydrogens (tertiary/aromatic N) is 1. The first-order valence-electron chi connectivity index (χ1n) is 10.7. The number of para-hydroxylation sites is 1. The molecule has 0 aliphatic heterocycles. The number of rotatable bonds is 8. The number of carbonyl (C=O) groups is 2. The van der Waals surface area contributed by atoms with Crippen molar-refractivity contribution in [2.24, 2.45) is 0 Å². The quantitative estimate of drug-likeness (QED) is 0.320. The minimum atomic E-state index is -0.558. The lowest BCUT2D eigenvalue weighted by Gasteiger charge is -2.14. The SMILES string of the molecule is COc1cc(/C=C(\C#N)C(=O)Nc2ccccc2)cc(Cl)c1OCC(=O)Nc1ccc(C)c(C)c1. The van der Waals surface area contributed by atoms with Gasteiger partial charge in [0.15, 0.2) is 18.1 Å². The molecule has 0 saturated heterocycles. The van der Waals surface area contributed by atoms with Crippen LogP contribution < -0.4 is 20.1 Å². The Kier molecular flexibility index (Phi) is 8.49. The minimum Gasteiger partial charge on any atom is -0.493 e. The second-order valence-electron chi connectivity index (χ2n) is 7.66. The Labute approximate surface area is 208 Å². The summed E-state index contributed by atoms with van der Waals surface area (Å²) in [6.07, 6.45) is 1.39. The number of nitriles is 1. The Morgan fingerprint density at radius 1 is 1.00 bits per heavy atom. The predicted octanol–water partition coefficient (Wildman–Crippen LogP) is 5.53. The minimum absolute atomic E-state index is 0.117. The van der Waals surface area contributed by atoms with Gasteiger partial charge in [-0.25, -0.2) is 0 Å². The van der Waals surface area contributed by atoms with Gasteiger partial charge in [-0.05, 0) is 73.0 Å². The van der Waals surface area contributed by atoms with Crippen molar-refractivity contribution in [2.75, 3.05) is 24.4 Å². The summed E-state index contributed by atoms with van der Waals surface area (Å²) in [5.74, 6) is -0.492. The Morgan fingerprint density at radius 2 is 1.74 bits per heavy atom. The van der Waals surface area contributed by atoms with Crippen molar-refractivity contribution in [1.82, 2.24) is 0 Å². The van der Waals surface area contributed by atoms with Crippen LogP contribution in [-0.4, -0.2) is 25.5 Å². The first kappa shape index (κ1) is 25.3. The van der Waals surface area contributed by atoms with Crippen molar-refractivity contribution >= 4 is 40.9 Å². The molecule has 0 aliphatic carbocycles. The molecule has 0 atom stereocenters. The molecular formula is C27H24ClN3O4. The summed E-state index contributed by atoms with van der Waals surface area (Å²) in [5.41, 5.74) is 3.76. The standard InChI is InChI=1S/C27H24ClN3O4/c1-17-9-10-22(11-18(17)2)30-25(32)16-35-26-23(28)13-19(14-24(26)34-3)12-20(15-29)27(33)31-21-7-5-4-6-8-21/h4-14H,16H2,1-3H3,(H,30,32)(H,31,33)/b20-12+. The van der Waals surface area contributed by atoms with Crippen LogP contribution in [0.1, 0.15) is 16.7 Å². The molecule has 0 spiro atoms. The number of ether oxygens (including phenoxy) is 2. The molecule has 0 saturated carbocycles. The van der Waals surface area contributed by atoms with Crippen LogP contribution in [0.15, 0.2) is 66.2 Å². The highest BCUT2D eigenvalue weighted by Gasteiger charge is 2.16. The van der Waals surface area contributed by atoms with Gasteiger partial charge in [0.1, 0.15) is 11.6 Å². The molecule has 178 valence electrons. The number of amides is 2. The van der Waals surface area contributed by atoms with Gasteiger partial charge in [-0.15, -0.1) is 0 Å². The average Bonchev–Trinajstić information content (AvgIpc) is 2.84. The lowest BCUT2D eigenvalue weighted by atomic mass is 10.1. The van der Waals surface area contributed by atoms with Crippen LogP contribution in [0.25, 0.3) is 6.08 Å². The van der Waals surface area contributed by atoms with E-state index in [0.29, 0.717) is 16.9 Å². The third-order valence-electron chi connectivity index (χ3n) is 5.10. The van der Waals surface area contributed by atoms with Crippen molar-refractivity contribution in [3.05, 3.63) is 87.9 Å². The molecule has 0 aliphatic rings. The maximum Gasteiger partial charge on any atom is 0.266 e. The van der Waals surface area contributed by atoms with Crippen LogP contribution in [0.5, 0.6) is 11.5 Å². The van der Waals surface area contributed by atoms with E-state index in [1.165, 1.54) is 19.3 Å². The Morgan fingerprint density at radius 3 is 2.40 bits per heavy atom. The van der Waals surface area contributed by atoms with Crippen molar-refractivity contribution in [3.63, 3.8) is 0 Å². The largest absolute Gasteiger partial charge is 0.493 e. The van der Waals surface area contributed by atoms with Crippen LogP contribution in [0, 0.1) is 25.2 Å². The van der Waals surface area contributed by atoms with Gasteiger partial charge < -0.3 is 20.1 Å². The molecule has 0 unspecified atom stereocenters. The number of anilines is 2. The summed E-state index contributed by atoms with van der Waals surface area (Å²) >= 11 is 6.38. The maximum absolute atomic E-state index is 12.5. The highest BCUT2D eigenvalue weighted by molar-refractivity contribution is 6.32. The van der Waals surface area contributed by atoms with E-state index >= 15 is 0 Å². The molecule has 0 aromatic heterocycles. The normalized spacial score (nSPS) is 10.8. The van der Waals surface area contributed by atoms with E-state index in [-0.39, 0.29) is 34.6 Å². The Balaban J connectivity index is 1.73. The van der Waals surface area contributed by atoms with Crippen LogP contribution >= 0.6 is 11.6 Å². The summed E-state index contributed by atoms with van der Waals surface area (Å²) in [4.78, 5) is 24.8. The monoisotopic (exact) mass is 489 g/mol. The fourth-order valence-corrected chi connectivity index (χ4v) is 3.43. The van der Waals surface area contributed by atoms with Gasteiger partial charge in [-0.3, -0.25) is 9.59 Å². The number of aryl methyl sites for hydroxylation is 2. The predicted molar refractivity (Wildman–Crippen MR) is 137 cm³/mol. The number of benzene rings is 3. The summed E-state index contributed by atoms with van der Waals surface area (Å²) in [6.45, 7) is 3.67. The number of hydrogen-bond acceptors (Lipinski definition) is 5. The van der Waals surface area contributed by atoms with Gasteiger partial charge in [-0.1, -0.05) is 35.9 Å². The fraction of sp³-hybridized carbons (Fsp3) is 0.148. The lowest BCUT2D eigenvalue weighted by molar-refractivity contribution is -0.118. The number of halogens is 1. The molecule has 0 bridgehead atoms. The van der Waals surface area contributed by atoms with E-state index in [1.54, 1.807) is 30.3 Å². The third-order valence-corrected chi connectivity index (χ3v) is 5.38. The molecule has 2 amide bonds. The van der Waals surface area contributed by atoms with E-state index in [9.17, 15) is 14.9 Å². The van der Waals surface area contributed by atoms with Gasteiger partial charge in [0.25, 0.3) is 11.8 Å². The number of carbonyl (C=O) groups excluding carboxylic acids is 2. The van der Waals surface area contributed by atoms with Gasteiger partial charge in [0.05, 0.1) is 12.1 Å². The lowest BCUT2D eigenvalue weighted by Crippen LogP contribution is -2.20. The second-order valence-corrected chi connectivity index (χ2v) is 8.07. The molecular weight excluding hydrogens is 466 g/mol. The van der Waals surface area contributed by atoms with Crippen molar-refractivity contribution < 1.29 is 19.1 Å². The van der Waals surface area contributed by atoms with Crippen LogP contribution in [0.2, 0.25) is 5.02 Å². The van der Waals surface area contributed by atoms with Gasteiger partial charge in [0, 0.05) is 11.4 Å². The zero-order valence-electron chi connectivity index (χ0n) is 19.5. The van der Waals surface area contributed by atoms with Crippen molar-refractivity contribution in [2.45, 2.75) is 13.8 Å². The second kappa shape index (κ2) is 11.7. The zero-order chi connectivity index (χ0) is 25.4. The molecule has 0 fully saturated rings. The molecule has 0 heterocycles. The first-order valence-corrected chi connectivity index (χ1v) is 11.0. The summed E-state index contributed by atoms with van der Waals surface area (Å²) < 4.78 is 11.0. The zero-order valence-corrected chi connectivity index (χ0v) is 20.3. The van der Waals surface area contributed by atoms with Crippen LogP contribution in [0.4, 0.5) is 11.4 Å². The smallest absolute Gasteiger partial charge is 0.266 e. The van der Waals surface area contributed by atoms with Crippen LogP contribution in [-0.2, 0) is 9.59 Å². The number of nitrogens with one attached hydrogen (secondary N) is 2. The molecule has 2 N–H and O–H groups in total. The van der Waals surface area contributed by atoms with E-state index in [0.717, 1.165) is 11.1 Å². The molecule has 8 heteroatoms. The van der Waals surface area contributed by atoms with E-state index in [1.807, 2.05) is 44.2 Å². The molecule has 3 aromatic rings. The summed E-state index contributed by atoms with van der Waals surface area (Å²) in [5, 5.41) is 15.1. The van der Waals surface area contributed by atoms with Gasteiger partial charge in [-0.2, -0.15) is 5.26 Å². The topological polar surface area (TPSA) is 100 Å². The number of methoxy groups -OCH3 is 1. The van der Waals surface area contributed by atoms with E-state index < -0.39 is 5.91 Å². The molecule has 3 rings (SSSR count). The Bertz CT molecular complexity index is 1310. The maximum atomic E-state index is 12.5. The fourth-order valence-electron chi connectivity index (χ4n) is 3.15. The average molecular weight is 490 g/mol. The van der Waals surface area contributed by atoms with E-state index in [4.69, 9.17) is 21.1 Å². The van der Waals surface area contributed by atoms with Crippen LogP contribution in [0.3, 0.4) is 0 Å². The van der Waals surface area contributed by atoms with Crippen molar-refractivity contribution in [1.29, 1.82) is 5.26 Å². The molecule has 35 heavy (non-hydrogen) atoms. The van der Waals surface area contributed by atoms with Gasteiger partial charge in [0.2, 0.25) is 0 Å². The highest BCUT2D eigenvalue weighted by Crippen LogP contribution is 2.37. The summed E-state index contributed by atoms with van der Waals surface area (Å²) in [6, 6.07) is 19.4. The number of hydrogen-bond donors (Lipinski definition) is 2. The molecule has 0 radical (unpaired) electrons. The molecule has 7 nitrogen and oxygen atoms in total. The highest BCUT2D eigenvalue weighted by atomic mass is 35.5. The van der Waals surface area contributed by atoms with Gasteiger partial charge >= 0.3 is 0 Å².